The number of likely N-dealkylation sites (tertiary alicyclic amines) is 1. The maximum absolute atomic E-state index is 14.5. The quantitative estimate of drug-likeness (QED) is 0.672. The molecule has 1 amide bonds. The molecule has 5 atom stereocenters. The van der Waals surface area contributed by atoms with Crippen molar-refractivity contribution in [2.24, 2.45) is 4.99 Å². The molecule has 2 fully saturated rings. The zero-order valence-electron chi connectivity index (χ0n) is 18.1. The molecule has 0 bridgehead atoms. The molecule has 34 heavy (non-hydrogen) atoms. The summed E-state index contributed by atoms with van der Waals surface area (Å²) >= 11 is 0. The van der Waals surface area contributed by atoms with Crippen LogP contribution in [-0.2, 0) is 11.3 Å². The van der Waals surface area contributed by atoms with Crippen LogP contribution in [0.2, 0.25) is 0 Å². The van der Waals surface area contributed by atoms with E-state index in [1.54, 1.807) is 0 Å². The Morgan fingerprint density at radius 2 is 2.03 bits per heavy atom. The molecule has 3 heterocycles. The van der Waals surface area contributed by atoms with Crippen LogP contribution >= 0.6 is 0 Å². The van der Waals surface area contributed by atoms with Gasteiger partial charge in [-0.25, -0.2) is 23.1 Å². The van der Waals surface area contributed by atoms with Crippen molar-refractivity contribution in [3.8, 4) is 12.3 Å². The molecule has 3 aliphatic rings. The summed E-state index contributed by atoms with van der Waals surface area (Å²) in [5, 5.41) is 13.2. The van der Waals surface area contributed by atoms with E-state index in [0.717, 1.165) is 0 Å². The van der Waals surface area contributed by atoms with Gasteiger partial charge in [0.15, 0.2) is 0 Å². The Morgan fingerprint density at radius 1 is 1.21 bits per heavy atom. The summed E-state index contributed by atoms with van der Waals surface area (Å²) in [6, 6.07) is 2.54. The summed E-state index contributed by atoms with van der Waals surface area (Å²) in [7, 11) is 0. The van der Waals surface area contributed by atoms with Crippen molar-refractivity contribution < 1.29 is 23.1 Å². The number of nitrogens with one attached hydrogen (secondary N) is 1. The van der Waals surface area contributed by atoms with E-state index in [-0.39, 0.29) is 43.9 Å². The second-order valence-electron chi connectivity index (χ2n) is 8.78. The molecule has 0 radical (unpaired) electrons. The van der Waals surface area contributed by atoms with Crippen LogP contribution in [0, 0.1) is 18.2 Å². The van der Waals surface area contributed by atoms with Crippen LogP contribution < -0.4 is 5.32 Å². The van der Waals surface area contributed by atoms with Crippen LogP contribution in [0.1, 0.15) is 47.7 Å². The fourth-order valence-corrected chi connectivity index (χ4v) is 4.97. The molecule has 10 heteroatoms. The highest BCUT2D eigenvalue weighted by atomic mass is 19.1. The number of alkyl halides is 2. The average molecular weight is 469 g/mol. The van der Waals surface area contributed by atoms with Crippen molar-refractivity contribution in [1.82, 2.24) is 14.9 Å². The Labute approximate surface area is 194 Å². The van der Waals surface area contributed by atoms with Crippen LogP contribution in [0.15, 0.2) is 29.5 Å². The zero-order valence-corrected chi connectivity index (χ0v) is 18.1. The van der Waals surface area contributed by atoms with Crippen LogP contribution in [0.3, 0.4) is 0 Å². The van der Waals surface area contributed by atoms with E-state index in [2.05, 4.69) is 26.2 Å². The third-order valence-corrected chi connectivity index (χ3v) is 6.58. The number of hydrogen-bond acceptors (Lipinski definition) is 6. The molecule has 1 saturated carbocycles. The van der Waals surface area contributed by atoms with E-state index >= 15 is 0 Å². The smallest absolute Gasteiger partial charge is 0.273 e. The third-order valence-electron chi connectivity index (χ3n) is 6.58. The topological polar surface area (TPSA) is 90.7 Å². The Kier molecular flexibility index (Phi) is 5.73. The summed E-state index contributed by atoms with van der Waals surface area (Å²) in [6.45, 7) is -0.0700. The Hall–Kier alpha value is -3.45. The maximum atomic E-state index is 14.5. The molecule has 1 aromatic carbocycles. The molecule has 2 aliphatic heterocycles. The lowest BCUT2D eigenvalue weighted by atomic mass is 9.97. The standard InChI is InChI=1S/C24H22F3N5O2/c1-2-12-3-4-13(25)5-16(12)19-7-15(27)10-32(19)24(34)22-21-18(9-28-22)29-11-30-23(21)31-17-6-14(26)8-20(17)33/h1,3-5,11,14-15,17,19-20,33H,6-10H2,(H,29,30,31)/t14-,15-,17-,19+,20-/m0/s1. The number of carbonyl (C=O) groups is 1. The molecule has 0 unspecified atom stereocenters. The fourth-order valence-electron chi connectivity index (χ4n) is 4.97. The van der Waals surface area contributed by atoms with E-state index in [4.69, 9.17) is 6.42 Å². The van der Waals surface area contributed by atoms with Gasteiger partial charge in [0.2, 0.25) is 0 Å². The summed E-state index contributed by atoms with van der Waals surface area (Å²) < 4.78 is 42.3. The average Bonchev–Trinajstić information content (AvgIpc) is 3.50. The lowest BCUT2D eigenvalue weighted by molar-refractivity contribution is -0.125. The minimum absolute atomic E-state index is 0.0172. The SMILES string of the molecule is C#Cc1ccc(F)cc1[C@H]1C[C@H](F)CN1C(=O)C1=NCc2ncnc(N[C@H]3C[C@H](F)C[C@@H]3O)c21. The third kappa shape index (κ3) is 3.90. The van der Waals surface area contributed by atoms with Gasteiger partial charge in [-0.1, -0.05) is 5.92 Å². The molecule has 7 nitrogen and oxygen atoms in total. The molecule has 2 N–H and O–H groups in total. The van der Waals surface area contributed by atoms with E-state index in [0.29, 0.717) is 22.4 Å². The molecular formula is C24H22F3N5O2. The first-order valence-corrected chi connectivity index (χ1v) is 11.0. The number of rotatable bonds is 4. The van der Waals surface area contributed by atoms with Crippen LogP contribution in [0.4, 0.5) is 19.0 Å². The molecule has 0 spiro atoms. The lowest BCUT2D eigenvalue weighted by Gasteiger charge is -2.26. The van der Waals surface area contributed by atoms with Crippen LogP contribution in [0.5, 0.6) is 0 Å². The van der Waals surface area contributed by atoms with Gasteiger partial charge in [0.1, 0.15) is 36.0 Å². The number of anilines is 1. The van der Waals surface area contributed by atoms with Gasteiger partial charge >= 0.3 is 0 Å². The Morgan fingerprint density at radius 3 is 2.76 bits per heavy atom. The largest absolute Gasteiger partial charge is 0.391 e. The fraction of sp³-hybridized carbons (Fsp3) is 0.417. The number of aliphatic hydroxyl groups is 1. The number of nitrogens with zero attached hydrogens (tertiary/aromatic N) is 4. The predicted octanol–water partition coefficient (Wildman–Crippen LogP) is 2.48. The molecule has 2 aromatic rings. The van der Waals surface area contributed by atoms with Crippen LogP contribution in [-0.4, -0.2) is 62.6 Å². The first-order valence-electron chi connectivity index (χ1n) is 11.0. The number of aliphatic imine (C=N–C) groups is 1. The Bertz CT molecular complexity index is 1210. The van der Waals surface area contributed by atoms with E-state index < -0.39 is 42.3 Å². The molecule has 5 rings (SSSR count). The highest BCUT2D eigenvalue weighted by molar-refractivity contribution is 6.47. The van der Waals surface area contributed by atoms with Gasteiger partial charge < -0.3 is 15.3 Å². The number of amides is 1. The number of aliphatic hydroxyl groups excluding tert-OH is 1. The summed E-state index contributed by atoms with van der Waals surface area (Å²) in [5.41, 5.74) is 1.63. The van der Waals surface area contributed by atoms with Crippen molar-refractivity contribution in [1.29, 1.82) is 0 Å². The molecular weight excluding hydrogens is 447 g/mol. The molecule has 1 saturated heterocycles. The lowest BCUT2D eigenvalue weighted by Crippen LogP contribution is -2.38. The van der Waals surface area contributed by atoms with Gasteiger partial charge in [-0.3, -0.25) is 9.79 Å². The zero-order chi connectivity index (χ0) is 24.0. The second-order valence-corrected chi connectivity index (χ2v) is 8.78. The van der Waals surface area contributed by atoms with Crippen molar-refractivity contribution in [2.45, 2.75) is 56.3 Å². The first kappa shape index (κ1) is 22.3. The first-order chi connectivity index (χ1) is 16.4. The van der Waals surface area contributed by atoms with E-state index in [1.165, 1.54) is 29.4 Å². The summed E-state index contributed by atoms with van der Waals surface area (Å²) in [4.78, 5) is 27.7. The van der Waals surface area contributed by atoms with E-state index in [1.807, 2.05) is 0 Å². The minimum atomic E-state index is -1.32. The maximum Gasteiger partial charge on any atom is 0.273 e. The highest BCUT2D eigenvalue weighted by Crippen LogP contribution is 2.37. The Balaban J connectivity index is 1.47. The van der Waals surface area contributed by atoms with Gasteiger partial charge in [0, 0.05) is 24.8 Å². The minimum Gasteiger partial charge on any atom is -0.391 e. The monoisotopic (exact) mass is 469 g/mol. The normalized spacial score (nSPS) is 27.9. The number of halogens is 3. The number of aromatic nitrogens is 2. The van der Waals surface area contributed by atoms with Crippen molar-refractivity contribution in [2.75, 3.05) is 11.9 Å². The highest BCUT2D eigenvalue weighted by Gasteiger charge is 2.42. The summed E-state index contributed by atoms with van der Waals surface area (Å²) in [6.07, 6.45) is 3.62. The van der Waals surface area contributed by atoms with Crippen molar-refractivity contribution in [3.63, 3.8) is 0 Å². The van der Waals surface area contributed by atoms with Crippen molar-refractivity contribution >= 4 is 17.4 Å². The molecule has 1 aliphatic carbocycles. The number of benzene rings is 1. The van der Waals surface area contributed by atoms with Gasteiger partial charge in [0.25, 0.3) is 5.91 Å². The van der Waals surface area contributed by atoms with E-state index in [9.17, 15) is 23.1 Å². The number of hydrogen-bond donors (Lipinski definition) is 2. The van der Waals surface area contributed by atoms with Gasteiger partial charge in [-0.2, -0.15) is 0 Å². The predicted molar refractivity (Wildman–Crippen MR) is 118 cm³/mol. The van der Waals surface area contributed by atoms with Gasteiger partial charge in [-0.15, -0.1) is 6.42 Å². The number of carbonyl (C=O) groups excluding carboxylic acids is 1. The number of fused-ring (bicyclic) bond motifs is 1. The van der Waals surface area contributed by atoms with Crippen LogP contribution in [0.25, 0.3) is 0 Å². The van der Waals surface area contributed by atoms with Crippen molar-refractivity contribution in [3.05, 3.63) is 52.7 Å². The van der Waals surface area contributed by atoms with Gasteiger partial charge in [-0.05, 0) is 23.8 Å². The molecule has 1 aromatic heterocycles. The molecule has 176 valence electrons. The van der Waals surface area contributed by atoms with Gasteiger partial charge in [0.05, 0.1) is 42.5 Å². The summed E-state index contributed by atoms with van der Waals surface area (Å²) in [5.74, 6) is 1.65. The number of terminal acetylenes is 1. The second kappa shape index (κ2) is 8.72.